The molecule has 0 fully saturated rings. The molecule has 7 heteroatoms. The van der Waals surface area contributed by atoms with Crippen LogP contribution in [0.15, 0.2) is 45.5 Å². The number of carbonyl (C=O) groups excluding carboxylic acids is 1. The molecule has 0 saturated heterocycles. The molecule has 1 N–H and O–H groups in total. The van der Waals surface area contributed by atoms with E-state index in [4.69, 9.17) is 4.42 Å². The number of ketones is 1. The molecule has 0 atom stereocenters. The first-order valence-electron chi connectivity index (χ1n) is 5.50. The number of rotatable bonds is 5. The Morgan fingerprint density at radius 1 is 1.37 bits per heavy atom. The normalized spacial score (nSPS) is 10.7. The van der Waals surface area contributed by atoms with Gasteiger partial charge in [0.25, 0.3) is 11.1 Å². The number of nitrogens with zero attached hydrogens (tertiary/aromatic N) is 2. The number of hydrogen-bond acceptors (Lipinski definition) is 6. The van der Waals surface area contributed by atoms with Crippen LogP contribution in [0.2, 0.25) is 0 Å². The Morgan fingerprint density at radius 3 is 3.05 bits per heavy atom. The first-order valence-corrected chi connectivity index (χ1v) is 7.36. The van der Waals surface area contributed by atoms with Crippen molar-refractivity contribution in [1.29, 1.82) is 0 Å². The second-order valence-electron chi connectivity index (χ2n) is 3.65. The summed E-state index contributed by atoms with van der Waals surface area (Å²) < 4.78 is 5.48. The molecule has 3 aromatic rings. The van der Waals surface area contributed by atoms with Crippen molar-refractivity contribution in [2.75, 3.05) is 5.75 Å². The van der Waals surface area contributed by atoms with Crippen molar-refractivity contribution in [2.24, 2.45) is 0 Å². The Kier molecular flexibility index (Phi) is 3.47. The summed E-state index contributed by atoms with van der Waals surface area (Å²) in [6.45, 7) is 0. The molecule has 0 bridgehead atoms. The fourth-order valence-electron chi connectivity index (χ4n) is 1.48. The van der Waals surface area contributed by atoms with Gasteiger partial charge in [0.05, 0.1) is 16.3 Å². The number of H-pyrrole nitrogens is 1. The van der Waals surface area contributed by atoms with Crippen molar-refractivity contribution in [3.05, 3.63) is 41.5 Å². The van der Waals surface area contributed by atoms with Crippen molar-refractivity contribution in [3.63, 3.8) is 0 Å². The molecule has 3 rings (SSSR count). The molecule has 3 aromatic heterocycles. The SMILES string of the molecule is O=C(CSc1nnc(-c2cccs2)o1)c1ccc[nH]1. The van der Waals surface area contributed by atoms with Crippen molar-refractivity contribution in [2.45, 2.75) is 5.22 Å². The number of thiophene rings is 1. The van der Waals surface area contributed by atoms with E-state index in [-0.39, 0.29) is 11.5 Å². The van der Waals surface area contributed by atoms with Crippen LogP contribution in [0.5, 0.6) is 0 Å². The van der Waals surface area contributed by atoms with Gasteiger partial charge in [-0.1, -0.05) is 17.8 Å². The molecule has 5 nitrogen and oxygen atoms in total. The molecule has 96 valence electrons. The predicted octanol–water partition coefficient (Wildman–Crippen LogP) is 3.10. The molecule has 0 amide bonds. The maximum Gasteiger partial charge on any atom is 0.277 e. The minimum atomic E-state index is 0.00544. The van der Waals surface area contributed by atoms with Gasteiger partial charge in [-0.15, -0.1) is 21.5 Å². The molecule has 0 unspecified atom stereocenters. The average molecular weight is 291 g/mol. The predicted molar refractivity (Wildman–Crippen MR) is 73.5 cm³/mol. The third kappa shape index (κ3) is 2.77. The summed E-state index contributed by atoms with van der Waals surface area (Å²) in [6.07, 6.45) is 1.72. The van der Waals surface area contributed by atoms with E-state index in [1.165, 1.54) is 23.1 Å². The third-order valence-electron chi connectivity index (χ3n) is 2.36. The standard InChI is InChI=1S/C12H9N3O2S2/c16-9(8-3-1-5-13-8)7-19-12-15-14-11(17-12)10-4-2-6-18-10/h1-6,13H,7H2. The molecule has 0 spiro atoms. The highest BCUT2D eigenvalue weighted by atomic mass is 32.2. The lowest BCUT2D eigenvalue weighted by molar-refractivity contribution is 0.101. The summed E-state index contributed by atoms with van der Waals surface area (Å²) in [5.74, 6) is 0.766. The first-order chi connectivity index (χ1) is 9.33. The van der Waals surface area contributed by atoms with E-state index in [1.54, 1.807) is 18.3 Å². The molecule has 0 saturated carbocycles. The minimum absolute atomic E-state index is 0.00544. The zero-order chi connectivity index (χ0) is 13.1. The van der Waals surface area contributed by atoms with Gasteiger partial charge in [0.15, 0.2) is 5.78 Å². The third-order valence-corrected chi connectivity index (χ3v) is 4.04. The van der Waals surface area contributed by atoms with Crippen LogP contribution in [-0.2, 0) is 0 Å². The van der Waals surface area contributed by atoms with E-state index in [9.17, 15) is 4.79 Å². The van der Waals surface area contributed by atoms with Crippen molar-refractivity contribution >= 4 is 28.9 Å². The van der Waals surface area contributed by atoms with Crippen LogP contribution in [-0.4, -0.2) is 26.7 Å². The van der Waals surface area contributed by atoms with Gasteiger partial charge in [0, 0.05) is 6.20 Å². The summed E-state index contributed by atoms with van der Waals surface area (Å²) in [7, 11) is 0. The van der Waals surface area contributed by atoms with Crippen LogP contribution in [0.4, 0.5) is 0 Å². The highest BCUT2D eigenvalue weighted by Gasteiger charge is 2.12. The van der Waals surface area contributed by atoms with E-state index >= 15 is 0 Å². The van der Waals surface area contributed by atoms with Crippen LogP contribution < -0.4 is 0 Å². The first kappa shape index (κ1) is 12.2. The zero-order valence-electron chi connectivity index (χ0n) is 9.70. The fraction of sp³-hybridized carbons (Fsp3) is 0.0833. The summed E-state index contributed by atoms with van der Waals surface area (Å²) in [6, 6.07) is 7.37. The maximum absolute atomic E-state index is 11.8. The number of carbonyl (C=O) groups is 1. The van der Waals surface area contributed by atoms with E-state index in [0.717, 1.165) is 4.88 Å². The van der Waals surface area contributed by atoms with Crippen molar-refractivity contribution in [1.82, 2.24) is 15.2 Å². The maximum atomic E-state index is 11.8. The molecular weight excluding hydrogens is 282 g/mol. The van der Waals surface area contributed by atoms with E-state index in [1.807, 2.05) is 17.5 Å². The van der Waals surface area contributed by atoms with Gasteiger partial charge in [-0.05, 0) is 23.6 Å². The monoisotopic (exact) mass is 291 g/mol. The molecule has 0 radical (unpaired) electrons. The summed E-state index contributed by atoms with van der Waals surface area (Å²) >= 11 is 2.77. The van der Waals surface area contributed by atoms with E-state index < -0.39 is 0 Å². The number of thioether (sulfide) groups is 1. The van der Waals surface area contributed by atoms with Gasteiger partial charge in [-0.2, -0.15) is 0 Å². The van der Waals surface area contributed by atoms with Gasteiger partial charge in [0.1, 0.15) is 0 Å². The molecule has 19 heavy (non-hydrogen) atoms. The number of aromatic nitrogens is 3. The molecular formula is C12H9N3O2S2. The van der Waals surface area contributed by atoms with Crippen LogP contribution >= 0.6 is 23.1 Å². The Morgan fingerprint density at radius 2 is 2.32 bits per heavy atom. The molecule has 0 aliphatic rings. The van der Waals surface area contributed by atoms with Gasteiger partial charge >= 0.3 is 0 Å². The van der Waals surface area contributed by atoms with Gasteiger partial charge < -0.3 is 9.40 Å². The van der Waals surface area contributed by atoms with Gasteiger partial charge in [-0.25, -0.2) is 0 Å². The largest absolute Gasteiger partial charge is 0.410 e. The smallest absolute Gasteiger partial charge is 0.277 e. The Bertz CT molecular complexity index is 659. The van der Waals surface area contributed by atoms with Crippen LogP contribution in [0, 0.1) is 0 Å². The second kappa shape index (κ2) is 5.41. The lowest BCUT2D eigenvalue weighted by Crippen LogP contribution is -2.02. The quantitative estimate of drug-likeness (QED) is 0.577. The van der Waals surface area contributed by atoms with Gasteiger partial charge in [-0.3, -0.25) is 4.79 Å². The lowest BCUT2D eigenvalue weighted by Gasteiger charge is -1.94. The number of Topliss-reactive ketones (excluding diaryl/α,β-unsaturated/α-hetero) is 1. The molecule has 0 aliphatic heterocycles. The van der Waals surface area contributed by atoms with Crippen LogP contribution in [0.1, 0.15) is 10.5 Å². The Hall–Kier alpha value is -1.86. The molecule has 0 aliphatic carbocycles. The lowest BCUT2D eigenvalue weighted by atomic mass is 10.3. The van der Waals surface area contributed by atoms with E-state index in [0.29, 0.717) is 16.8 Å². The molecule has 3 heterocycles. The second-order valence-corrected chi connectivity index (χ2v) is 5.52. The highest BCUT2D eigenvalue weighted by molar-refractivity contribution is 7.99. The zero-order valence-corrected chi connectivity index (χ0v) is 11.3. The minimum Gasteiger partial charge on any atom is -0.410 e. The highest BCUT2D eigenvalue weighted by Crippen LogP contribution is 2.26. The Balaban J connectivity index is 1.63. The summed E-state index contributed by atoms with van der Waals surface area (Å²) in [4.78, 5) is 15.6. The molecule has 0 aromatic carbocycles. The average Bonchev–Trinajstić information content (AvgIpc) is 3.14. The van der Waals surface area contributed by atoms with Crippen LogP contribution in [0.3, 0.4) is 0 Å². The fourth-order valence-corrected chi connectivity index (χ4v) is 2.77. The van der Waals surface area contributed by atoms with Crippen molar-refractivity contribution < 1.29 is 9.21 Å². The summed E-state index contributed by atoms with van der Waals surface area (Å²) in [5, 5.41) is 10.2. The Labute approximate surface area is 117 Å². The number of aromatic amines is 1. The number of nitrogens with one attached hydrogen (secondary N) is 1. The number of hydrogen-bond donors (Lipinski definition) is 1. The topological polar surface area (TPSA) is 71.8 Å². The van der Waals surface area contributed by atoms with Crippen LogP contribution in [0.25, 0.3) is 10.8 Å². The summed E-state index contributed by atoms with van der Waals surface area (Å²) in [5.41, 5.74) is 0.588. The van der Waals surface area contributed by atoms with Gasteiger partial charge in [0.2, 0.25) is 0 Å². The van der Waals surface area contributed by atoms with Crippen molar-refractivity contribution in [3.8, 4) is 10.8 Å². The van der Waals surface area contributed by atoms with E-state index in [2.05, 4.69) is 15.2 Å².